The first-order chi connectivity index (χ1) is 7.68. The monoisotopic (exact) mass is 225 g/mol. The maximum Gasteiger partial charge on any atom is 0.0272 e. The van der Waals surface area contributed by atoms with Gasteiger partial charge in [0.2, 0.25) is 0 Å². The summed E-state index contributed by atoms with van der Waals surface area (Å²) in [6.07, 6.45) is 5.48. The van der Waals surface area contributed by atoms with E-state index in [0.29, 0.717) is 0 Å². The first-order valence-electron chi connectivity index (χ1n) is 6.77. The molecule has 2 rings (SSSR count). The van der Waals surface area contributed by atoms with E-state index in [2.05, 4.69) is 36.3 Å². The summed E-state index contributed by atoms with van der Waals surface area (Å²) in [5, 5.41) is 3.69. The van der Waals surface area contributed by atoms with Crippen LogP contribution in [-0.2, 0) is 0 Å². The van der Waals surface area contributed by atoms with E-state index in [0.717, 1.165) is 18.0 Å². The van der Waals surface area contributed by atoms with Crippen LogP contribution in [0.25, 0.3) is 0 Å². The zero-order chi connectivity index (χ0) is 11.5. The average Bonchev–Trinajstić information content (AvgIpc) is 2.74. The fourth-order valence-electron chi connectivity index (χ4n) is 3.48. The minimum atomic E-state index is 0.739. The van der Waals surface area contributed by atoms with Gasteiger partial charge in [0, 0.05) is 12.1 Å². The average molecular weight is 225 g/mol. The summed E-state index contributed by atoms with van der Waals surface area (Å²) in [6.45, 7) is 3.78. The van der Waals surface area contributed by atoms with E-state index in [1.807, 2.05) is 0 Å². The minimum Gasteiger partial charge on any atom is -0.312 e. The Kier molecular flexibility index (Phi) is 4.22. The molecule has 0 aromatic rings. The molecule has 2 fully saturated rings. The molecule has 94 valence electrons. The van der Waals surface area contributed by atoms with Crippen LogP contribution in [-0.4, -0.2) is 62.7 Å². The van der Waals surface area contributed by atoms with E-state index in [9.17, 15) is 0 Å². The molecule has 0 saturated carbocycles. The van der Waals surface area contributed by atoms with E-state index < -0.39 is 0 Å². The minimum absolute atomic E-state index is 0.739. The Morgan fingerprint density at radius 2 is 1.88 bits per heavy atom. The summed E-state index contributed by atoms with van der Waals surface area (Å²) < 4.78 is 0. The van der Waals surface area contributed by atoms with Gasteiger partial charge in [0.1, 0.15) is 0 Å². The van der Waals surface area contributed by atoms with Crippen LogP contribution >= 0.6 is 0 Å². The molecule has 0 aliphatic carbocycles. The lowest BCUT2D eigenvalue weighted by atomic mass is 9.84. The lowest BCUT2D eigenvalue weighted by Crippen LogP contribution is -2.51. The van der Waals surface area contributed by atoms with Gasteiger partial charge in [-0.1, -0.05) is 0 Å². The summed E-state index contributed by atoms with van der Waals surface area (Å²) in [5.41, 5.74) is 0. The quantitative estimate of drug-likeness (QED) is 0.773. The van der Waals surface area contributed by atoms with E-state index in [1.54, 1.807) is 0 Å². The Morgan fingerprint density at radius 3 is 2.38 bits per heavy atom. The van der Waals surface area contributed by atoms with Gasteiger partial charge in [-0.15, -0.1) is 0 Å². The highest BCUT2D eigenvalue weighted by atomic mass is 15.2. The number of hydrogen-bond acceptors (Lipinski definition) is 3. The Morgan fingerprint density at radius 1 is 1.19 bits per heavy atom. The van der Waals surface area contributed by atoms with Crippen molar-refractivity contribution >= 4 is 0 Å². The fourth-order valence-corrected chi connectivity index (χ4v) is 3.48. The number of nitrogens with one attached hydrogen (secondary N) is 1. The second-order valence-corrected chi connectivity index (χ2v) is 5.80. The van der Waals surface area contributed by atoms with E-state index in [1.165, 1.54) is 45.3 Å². The van der Waals surface area contributed by atoms with Gasteiger partial charge in [0.25, 0.3) is 0 Å². The third-order valence-electron chi connectivity index (χ3n) is 4.35. The van der Waals surface area contributed by atoms with Crippen LogP contribution in [0.3, 0.4) is 0 Å². The van der Waals surface area contributed by atoms with Crippen molar-refractivity contribution in [2.75, 3.05) is 40.8 Å². The van der Waals surface area contributed by atoms with Gasteiger partial charge < -0.3 is 15.1 Å². The number of nitrogens with zero attached hydrogens (tertiary/aromatic N) is 2. The highest BCUT2D eigenvalue weighted by Crippen LogP contribution is 2.27. The van der Waals surface area contributed by atoms with Gasteiger partial charge in [0.15, 0.2) is 0 Å². The maximum absolute atomic E-state index is 3.69. The van der Waals surface area contributed by atoms with E-state index >= 15 is 0 Å². The molecule has 0 radical (unpaired) electrons. The van der Waals surface area contributed by atoms with Crippen molar-refractivity contribution in [3.05, 3.63) is 0 Å². The smallest absolute Gasteiger partial charge is 0.0272 e. The highest BCUT2D eigenvalue weighted by Gasteiger charge is 2.34. The standard InChI is InChI=1S/C13H27N3/c1-15(2)13(12-5-4-8-14-12)11-6-9-16(3)10-7-11/h11-14H,4-10H2,1-3H3. The van der Waals surface area contributed by atoms with Crippen LogP contribution in [0, 0.1) is 5.92 Å². The number of likely N-dealkylation sites (N-methyl/N-ethyl adjacent to an activating group) is 1. The molecular weight excluding hydrogens is 198 g/mol. The summed E-state index contributed by atoms with van der Waals surface area (Å²) in [7, 11) is 6.75. The van der Waals surface area contributed by atoms with Crippen molar-refractivity contribution in [3.8, 4) is 0 Å². The Hall–Kier alpha value is -0.120. The number of likely N-dealkylation sites (tertiary alicyclic amines) is 1. The molecule has 0 aromatic heterocycles. The van der Waals surface area contributed by atoms with Crippen molar-refractivity contribution in [2.24, 2.45) is 5.92 Å². The second-order valence-electron chi connectivity index (χ2n) is 5.80. The topological polar surface area (TPSA) is 18.5 Å². The van der Waals surface area contributed by atoms with Gasteiger partial charge in [-0.2, -0.15) is 0 Å². The lowest BCUT2D eigenvalue weighted by Gasteiger charge is -2.40. The van der Waals surface area contributed by atoms with Crippen molar-refractivity contribution in [2.45, 2.75) is 37.8 Å². The number of hydrogen-bond donors (Lipinski definition) is 1. The number of piperidine rings is 1. The Labute approximate surface area is 100 Å². The molecule has 16 heavy (non-hydrogen) atoms. The summed E-state index contributed by atoms with van der Waals surface area (Å²) >= 11 is 0. The molecule has 2 heterocycles. The van der Waals surface area contributed by atoms with Gasteiger partial charge >= 0.3 is 0 Å². The molecule has 3 heteroatoms. The highest BCUT2D eigenvalue weighted by molar-refractivity contribution is 4.92. The predicted octanol–water partition coefficient (Wildman–Crippen LogP) is 1.01. The normalized spacial score (nSPS) is 31.1. The molecule has 2 aliphatic rings. The van der Waals surface area contributed by atoms with Gasteiger partial charge in [0.05, 0.1) is 0 Å². The van der Waals surface area contributed by atoms with Gasteiger partial charge in [-0.3, -0.25) is 0 Å². The van der Waals surface area contributed by atoms with Crippen LogP contribution in [0.4, 0.5) is 0 Å². The zero-order valence-electron chi connectivity index (χ0n) is 11.1. The van der Waals surface area contributed by atoms with Crippen molar-refractivity contribution < 1.29 is 0 Å². The molecule has 2 aliphatic heterocycles. The number of rotatable bonds is 3. The van der Waals surface area contributed by atoms with Gasteiger partial charge in [-0.05, 0) is 72.4 Å². The molecule has 2 saturated heterocycles. The van der Waals surface area contributed by atoms with Crippen molar-refractivity contribution in [1.82, 2.24) is 15.1 Å². The van der Waals surface area contributed by atoms with Crippen LogP contribution in [0.5, 0.6) is 0 Å². The first kappa shape index (κ1) is 12.3. The Balaban J connectivity index is 1.95. The summed E-state index contributed by atoms with van der Waals surface area (Å²) in [4.78, 5) is 4.92. The summed E-state index contributed by atoms with van der Waals surface area (Å²) in [5.74, 6) is 0.891. The van der Waals surface area contributed by atoms with Gasteiger partial charge in [-0.25, -0.2) is 0 Å². The summed E-state index contributed by atoms with van der Waals surface area (Å²) in [6, 6.07) is 1.49. The molecule has 0 aromatic carbocycles. The molecule has 0 bridgehead atoms. The van der Waals surface area contributed by atoms with Crippen LogP contribution in [0.2, 0.25) is 0 Å². The zero-order valence-corrected chi connectivity index (χ0v) is 11.1. The second kappa shape index (κ2) is 5.48. The SMILES string of the molecule is CN1CCC(C(C2CCCN2)N(C)C)CC1. The molecule has 0 amide bonds. The van der Waals surface area contributed by atoms with E-state index in [-0.39, 0.29) is 0 Å². The molecule has 0 spiro atoms. The lowest BCUT2D eigenvalue weighted by molar-refractivity contribution is 0.108. The first-order valence-corrected chi connectivity index (χ1v) is 6.77. The van der Waals surface area contributed by atoms with Crippen molar-refractivity contribution in [3.63, 3.8) is 0 Å². The van der Waals surface area contributed by atoms with Crippen molar-refractivity contribution in [1.29, 1.82) is 0 Å². The van der Waals surface area contributed by atoms with Crippen LogP contribution in [0.1, 0.15) is 25.7 Å². The largest absolute Gasteiger partial charge is 0.312 e. The molecule has 1 N–H and O–H groups in total. The van der Waals surface area contributed by atoms with Crippen LogP contribution in [0.15, 0.2) is 0 Å². The van der Waals surface area contributed by atoms with E-state index in [4.69, 9.17) is 0 Å². The van der Waals surface area contributed by atoms with Crippen LogP contribution < -0.4 is 5.32 Å². The third-order valence-corrected chi connectivity index (χ3v) is 4.35. The Bertz CT molecular complexity index is 203. The molecule has 2 unspecified atom stereocenters. The molecule has 2 atom stereocenters. The fraction of sp³-hybridized carbons (Fsp3) is 1.00. The molecular formula is C13H27N3. The third kappa shape index (κ3) is 2.76. The molecule has 3 nitrogen and oxygen atoms in total. The predicted molar refractivity (Wildman–Crippen MR) is 68.7 cm³/mol. The maximum atomic E-state index is 3.69.